The molecule has 0 radical (unpaired) electrons. The topological polar surface area (TPSA) is 89.8 Å². The van der Waals surface area contributed by atoms with Crippen molar-refractivity contribution in [3.8, 4) is 0 Å². The molecule has 3 aromatic rings. The molecule has 7 nitrogen and oxygen atoms in total. The fourth-order valence-electron chi connectivity index (χ4n) is 4.03. The number of aryl methyl sites for hydroxylation is 2. The van der Waals surface area contributed by atoms with Gasteiger partial charge in [-0.3, -0.25) is 14.6 Å². The molecular formula is C24H26FN5O2. The molecule has 5 rings (SSSR count). The van der Waals surface area contributed by atoms with E-state index in [1.807, 2.05) is 25.1 Å². The number of anilines is 1. The summed E-state index contributed by atoms with van der Waals surface area (Å²) in [5, 5.41) is 7.12. The number of rotatable bonds is 4. The van der Waals surface area contributed by atoms with Crippen LogP contribution in [-0.4, -0.2) is 31.4 Å². The van der Waals surface area contributed by atoms with Crippen molar-refractivity contribution in [2.75, 3.05) is 5.32 Å². The van der Waals surface area contributed by atoms with Crippen LogP contribution in [0.2, 0.25) is 0 Å². The van der Waals surface area contributed by atoms with Gasteiger partial charge in [0.05, 0.1) is 17.4 Å². The highest BCUT2D eigenvalue weighted by atomic mass is 19.1. The molecule has 32 heavy (non-hydrogen) atoms. The first kappa shape index (κ1) is 21.8. The van der Waals surface area contributed by atoms with E-state index >= 15 is 0 Å². The highest BCUT2D eigenvalue weighted by Crippen LogP contribution is 2.31. The van der Waals surface area contributed by atoms with E-state index in [0.29, 0.717) is 18.4 Å². The maximum atomic E-state index is 13.9. The maximum absolute atomic E-state index is 13.9. The van der Waals surface area contributed by atoms with Crippen molar-refractivity contribution >= 4 is 17.4 Å². The van der Waals surface area contributed by atoms with Crippen LogP contribution in [0.1, 0.15) is 72.8 Å². The highest BCUT2D eigenvalue weighted by molar-refractivity contribution is 5.92. The van der Waals surface area contributed by atoms with Crippen LogP contribution in [0, 0.1) is 5.82 Å². The zero-order chi connectivity index (χ0) is 22.5. The molecular weight excluding hydrogens is 409 g/mol. The molecule has 2 aliphatic rings. The summed E-state index contributed by atoms with van der Waals surface area (Å²) < 4.78 is 15.6. The number of fused-ring (bicyclic) bond motifs is 2. The van der Waals surface area contributed by atoms with Gasteiger partial charge in [0.15, 0.2) is 0 Å². The molecule has 1 aromatic carbocycles. The number of carbonyl (C=O) groups is 2. The fourth-order valence-corrected chi connectivity index (χ4v) is 4.03. The van der Waals surface area contributed by atoms with Crippen LogP contribution in [-0.2, 0) is 17.6 Å². The number of benzene rings is 1. The summed E-state index contributed by atoms with van der Waals surface area (Å²) in [6, 6.07) is 10.3. The number of hydrogen-bond acceptors (Lipinski definition) is 5. The monoisotopic (exact) mass is 435 g/mol. The van der Waals surface area contributed by atoms with Gasteiger partial charge < -0.3 is 5.32 Å². The lowest BCUT2D eigenvalue weighted by atomic mass is 10.0. The molecule has 0 saturated carbocycles. The summed E-state index contributed by atoms with van der Waals surface area (Å²) >= 11 is 0. The van der Waals surface area contributed by atoms with Gasteiger partial charge in [-0.1, -0.05) is 25.1 Å². The summed E-state index contributed by atoms with van der Waals surface area (Å²) in [5.74, 6) is 0.867. The lowest BCUT2D eigenvalue weighted by Crippen LogP contribution is -2.11. The van der Waals surface area contributed by atoms with Crippen LogP contribution in [0.25, 0.3) is 0 Å². The maximum Gasteiger partial charge on any atom is 0.224 e. The third-order valence-electron chi connectivity index (χ3n) is 5.61. The van der Waals surface area contributed by atoms with E-state index in [1.165, 1.54) is 6.07 Å². The molecule has 4 heterocycles. The van der Waals surface area contributed by atoms with Gasteiger partial charge in [0.2, 0.25) is 17.5 Å². The van der Waals surface area contributed by atoms with Crippen LogP contribution in [0.5, 0.6) is 0 Å². The molecule has 0 bridgehead atoms. The molecule has 2 aliphatic heterocycles. The number of hydrogen-bond donors (Lipinski definition) is 1. The van der Waals surface area contributed by atoms with Crippen LogP contribution >= 0.6 is 0 Å². The SMILES string of the molecule is CCCC(=O)c1nc2n(n1)C(c1ccccc1F)CC2.O=C1CCCc2ncccc2N1. The molecule has 0 fully saturated rings. The Labute approximate surface area is 186 Å². The summed E-state index contributed by atoms with van der Waals surface area (Å²) in [6.45, 7) is 1.95. The van der Waals surface area contributed by atoms with E-state index in [4.69, 9.17) is 0 Å². The van der Waals surface area contributed by atoms with Gasteiger partial charge in [-0.25, -0.2) is 14.1 Å². The number of aromatic nitrogens is 4. The summed E-state index contributed by atoms with van der Waals surface area (Å²) in [4.78, 5) is 31.4. The number of Topliss-reactive ketones (excluding diaryl/α,β-unsaturated/α-hetero) is 1. The Morgan fingerprint density at radius 1 is 1.19 bits per heavy atom. The van der Waals surface area contributed by atoms with E-state index in [-0.39, 0.29) is 29.4 Å². The Morgan fingerprint density at radius 3 is 2.84 bits per heavy atom. The second kappa shape index (κ2) is 9.80. The van der Waals surface area contributed by atoms with E-state index in [0.717, 1.165) is 49.3 Å². The number of carbonyl (C=O) groups excluding carboxylic acids is 2. The largest absolute Gasteiger partial charge is 0.324 e. The molecule has 166 valence electrons. The molecule has 1 amide bonds. The molecule has 0 saturated heterocycles. The van der Waals surface area contributed by atoms with E-state index in [1.54, 1.807) is 23.0 Å². The minimum absolute atomic E-state index is 0.0401. The van der Waals surface area contributed by atoms with Gasteiger partial charge in [0.1, 0.15) is 11.6 Å². The van der Waals surface area contributed by atoms with Crippen LogP contribution in [0.15, 0.2) is 42.6 Å². The average Bonchev–Trinajstić information content (AvgIpc) is 3.31. The predicted molar refractivity (Wildman–Crippen MR) is 118 cm³/mol. The fraction of sp³-hybridized carbons (Fsp3) is 0.375. The van der Waals surface area contributed by atoms with Crippen LogP contribution in [0.3, 0.4) is 0 Å². The summed E-state index contributed by atoms with van der Waals surface area (Å²) in [5.41, 5.74) is 2.49. The van der Waals surface area contributed by atoms with E-state index in [9.17, 15) is 14.0 Å². The van der Waals surface area contributed by atoms with Crippen LogP contribution < -0.4 is 5.32 Å². The first-order chi connectivity index (χ1) is 15.6. The lowest BCUT2D eigenvalue weighted by molar-refractivity contribution is -0.116. The van der Waals surface area contributed by atoms with Gasteiger partial charge in [-0.15, -0.1) is 5.10 Å². The predicted octanol–water partition coefficient (Wildman–Crippen LogP) is 4.29. The minimum atomic E-state index is -0.234. The van der Waals surface area contributed by atoms with Crippen molar-refractivity contribution in [3.63, 3.8) is 0 Å². The number of halogens is 1. The molecule has 0 spiro atoms. The number of ketones is 1. The minimum Gasteiger partial charge on any atom is -0.324 e. The molecule has 1 atom stereocenters. The van der Waals surface area contributed by atoms with Gasteiger partial charge in [0, 0.05) is 31.0 Å². The normalized spacial score (nSPS) is 16.8. The third kappa shape index (κ3) is 4.74. The first-order valence-corrected chi connectivity index (χ1v) is 11.0. The Balaban J connectivity index is 0.000000174. The standard InChI is InChI=1S/C15H16FN3O.C9H10N2O/c1-2-5-13(20)15-17-14-9-8-12(19(14)18-15)10-6-3-4-7-11(10)16;12-9-5-1-3-7-8(11-9)4-2-6-10-7/h3-4,6-7,12H,2,5,8-9H2,1H3;2,4,6H,1,3,5H2,(H,11,12). The Morgan fingerprint density at radius 2 is 2.03 bits per heavy atom. The first-order valence-electron chi connectivity index (χ1n) is 11.0. The Hall–Kier alpha value is -3.42. The summed E-state index contributed by atoms with van der Waals surface area (Å²) in [6.07, 6.45) is 6.90. The molecule has 8 heteroatoms. The van der Waals surface area contributed by atoms with Crippen LogP contribution in [0.4, 0.5) is 10.1 Å². The van der Waals surface area contributed by atoms with E-state index in [2.05, 4.69) is 20.4 Å². The molecule has 2 aromatic heterocycles. The smallest absolute Gasteiger partial charge is 0.224 e. The third-order valence-corrected chi connectivity index (χ3v) is 5.61. The zero-order valence-electron chi connectivity index (χ0n) is 18.1. The van der Waals surface area contributed by atoms with Crippen molar-refractivity contribution in [1.29, 1.82) is 0 Å². The second-order valence-corrected chi connectivity index (χ2v) is 7.94. The van der Waals surface area contributed by atoms with Gasteiger partial charge in [-0.05, 0) is 43.9 Å². The van der Waals surface area contributed by atoms with Gasteiger partial charge >= 0.3 is 0 Å². The van der Waals surface area contributed by atoms with Crippen molar-refractivity contribution < 1.29 is 14.0 Å². The molecule has 1 N–H and O–H groups in total. The van der Waals surface area contributed by atoms with Gasteiger partial charge in [0.25, 0.3) is 0 Å². The van der Waals surface area contributed by atoms with Crippen molar-refractivity contribution in [2.24, 2.45) is 0 Å². The highest BCUT2D eigenvalue weighted by Gasteiger charge is 2.29. The zero-order valence-corrected chi connectivity index (χ0v) is 18.1. The van der Waals surface area contributed by atoms with Gasteiger partial charge in [-0.2, -0.15) is 0 Å². The lowest BCUT2D eigenvalue weighted by Gasteiger charge is -2.12. The van der Waals surface area contributed by atoms with Crippen molar-refractivity contribution in [3.05, 3.63) is 71.3 Å². The quantitative estimate of drug-likeness (QED) is 0.618. The number of pyridine rings is 1. The Bertz CT molecular complexity index is 1130. The van der Waals surface area contributed by atoms with Crippen molar-refractivity contribution in [1.82, 2.24) is 19.7 Å². The number of nitrogens with one attached hydrogen (secondary N) is 1. The molecule has 1 unspecified atom stereocenters. The Kier molecular flexibility index (Phi) is 6.68. The molecule has 0 aliphatic carbocycles. The van der Waals surface area contributed by atoms with E-state index < -0.39 is 0 Å². The summed E-state index contributed by atoms with van der Waals surface area (Å²) in [7, 11) is 0. The average molecular weight is 436 g/mol. The second-order valence-electron chi connectivity index (χ2n) is 7.94. The number of nitrogens with zero attached hydrogens (tertiary/aromatic N) is 4. The van der Waals surface area contributed by atoms with Crippen molar-refractivity contribution in [2.45, 2.75) is 57.9 Å². The number of amides is 1.